The number of carbonyl (C=O) groups is 7. The molecule has 66 heavy (non-hydrogen) atoms. The first-order chi connectivity index (χ1) is 31.5. The lowest BCUT2D eigenvalue weighted by Gasteiger charge is -2.29. The van der Waals surface area contributed by atoms with E-state index in [9.17, 15) is 38.7 Å². The molecular formula is C49H69N9O8. The Morgan fingerprint density at radius 1 is 0.773 bits per heavy atom. The summed E-state index contributed by atoms with van der Waals surface area (Å²) in [6.45, 7) is 9.51. The molecule has 1 fully saturated rings. The van der Waals surface area contributed by atoms with Crippen LogP contribution in [0.15, 0.2) is 85.1 Å². The summed E-state index contributed by atoms with van der Waals surface area (Å²) in [5.74, 6) is -4.00. The van der Waals surface area contributed by atoms with Crippen molar-refractivity contribution < 1.29 is 38.7 Å². The topological polar surface area (TPSA) is 257 Å². The number of likely N-dealkylation sites (N-methyl/N-ethyl adjacent to an activating group) is 1. The second kappa shape index (κ2) is 28.2. The number of fused-ring (bicyclic) bond motifs is 1. The third-order valence-electron chi connectivity index (χ3n) is 10.7. The standard InChI is InChI=1S/C34H47N7O7.C9H9N.C6H13NO/c1-21(2)30-33(47)39-27(18-22-9-5-4-6-10-22)34(48)41(3)20-29(44)38-26(17-23-12-14-24(42)15-13-23)31(45)36-19-28(43)37-25(32(46)40-30)11-7-8-16-35;1-7-6-10-9-5-3-2-4-8(7)9;1-3-4-5-7-6(2)8/h4-6,9-10,12-15,21,25-27,30,42H,7-8,11,16-20,35H2,1-3H3,(H,36,45)(H,37,43)(H,38,44)(H,39,47)(H,40,46);2-6,10H,1H3;3-5H2,1-2H3,(H,7,8). The molecule has 0 spiro atoms. The van der Waals surface area contributed by atoms with E-state index in [1.165, 1.54) is 42.6 Å². The van der Waals surface area contributed by atoms with Crippen LogP contribution >= 0.6 is 0 Å². The maximum atomic E-state index is 13.8. The molecule has 4 aromatic rings. The maximum Gasteiger partial charge on any atom is 0.245 e. The normalized spacial score (nSPS) is 18.8. The first kappa shape index (κ1) is 53.6. The fourth-order valence-corrected chi connectivity index (χ4v) is 6.93. The van der Waals surface area contributed by atoms with Crippen molar-refractivity contribution in [2.75, 3.05) is 33.2 Å². The molecule has 0 radical (unpaired) electrons. The minimum absolute atomic E-state index is 0.0184. The van der Waals surface area contributed by atoms with E-state index in [1.54, 1.807) is 50.2 Å². The number of benzene rings is 3. The summed E-state index contributed by atoms with van der Waals surface area (Å²) in [4.78, 5) is 95.0. The van der Waals surface area contributed by atoms with Gasteiger partial charge < -0.3 is 52.6 Å². The fourth-order valence-electron chi connectivity index (χ4n) is 6.93. The van der Waals surface area contributed by atoms with Crippen LogP contribution in [0.5, 0.6) is 5.75 Å². The number of phenols is 1. The van der Waals surface area contributed by atoms with Crippen LogP contribution in [-0.4, -0.2) is 114 Å². The molecule has 1 aliphatic heterocycles. The molecule has 5 rings (SSSR count). The number of aromatic amines is 1. The minimum Gasteiger partial charge on any atom is -0.508 e. The minimum atomic E-state index is -1.15. The van der Waals surface area contributed by atoms with Crippen molar-refractivity contribution in [1.82, 2.24) is 41.8 Å². The Kier molecular flexibility index (Phi) is 22.9. The smallest absolute Gasteiger partial charge is 0.245 e. The molecular weight excluding hydrogens is 843 g/mol. The molecule has 4 atom stereocenters. The summed E-state index contributed by atoms with van der Waals surface area (Å²) >= 11 is 0. The van der Waals surface area contributed by atoms with Gasteiger partial charge in [-0.3, -0.25) is 33.6 Å². The zero-order valence-electron chi connectivity index (χ0n) is 39.1. The molecule has 7 amide bonds. The van der Waals surface area contributed by atoms with Gasteiger partial charge in [-0.1, -0.05) is 87.9 Å². The van der Waals surface area contributed by atoms with Gasteiger partial charge in [-0.05, 0) is 80.0 Å². The van der Waals surface area contributed by atoms with Crippen molar-refractivity contribution in [3.63, 3.8) is 0 Å². The second-order valence-corrected chi connectivity index (χ2v) is 16.6. The number of rotatable bonds is 12. The number of phenolic OH excluding ortho intramolecular Hbond substituents is 1. The molecule has 1 saturated heterocycles. The van der Waals surface area contributed by atoms with Crippen molar-refractivity contribution in [3.05, 3.63) is 102 Å². The average molecular weight is 912 g/mol. The number of amides is 7. The van der Waals surface area contributed by atoms with Crippen LogP contribution in [-0.2, 0) is 46.4 Å². The van der Waals surface area contributed by atoms with E-state index in [-0.39, 0.29) is 36.8 Å². The summed E-state index contributed by atoms with van der Waals surface area (Å²) in [5, 5.41) is 27.0. The number of nitrogens with zero attached hydrogens (tertiary/aromatic N) is 1. The lowest BCUT2D eigenvalue weighted by molar-refractivity contribution is -0.140. The number of unbranched alkanes of at least 4 members (excludes halogenated alkanes) is 2. The quantitative estimate of drug-likeness (QED) is 0.0947. The van der Waals surface area contributed by atoms with Crippen molar-refractivity contribution in [1.29, 1.82) is 0 Å². The Morgan fingerprint density at radius 3 is 2.05 bits per heavy atom. The highest BCUT2D eigenvalue weighted by molar-refractivity contribution is 5.97. The molecule has 1 aromatic heterocycles. The number of H-pyrrole nitrogens is 1. The number of hydrogen-bond donors (Lipinski definition) is 9. The average Bonchev–Trinajstić information content (AvgIpc) is 3.67. The molecule has 1 aliphatic rings. The van der Waals surface area contributed by atoms with E-state index in [4.69, 9.17) is 5.73 Å². The van der Waals surface area contributed by atoms with Crippen LogP contribution in [0.1, 0.15) is 76.5 Å². The molecule has 4 unspecified atom stereocenters. The van der Waals surface area contributed by atoms with Crippen molar-refractivity contribution in [3.8, 4) is 5.75 Å². The Morgan fingerprint density at radius 2 is 1.41 bits per heavy atom. The molecule has 0 saturated carbocycles. The van der Waals surface area contributed by atoms with Crippen LogP contribution in [0.4, 0.5) is 0 Å². The molecule has 17 heteroatoms. The third kappa shape index (κ3) is 18.8. The van der Waals surface area contributed by atoms with Crippen LogP contribution in [0.2, 0.25) is 0 Å². The van der Waals surface area contributed by atoms with Gasteiger partial charge >= 0.3 is 0 Å². The number of aryl methyl sites for hydroxylation is 1. The lowest BCUT2D eigenvalue weighted by atomic mass is 9.99. The highest BCUT2D eigenvalue weighted by atomic mass is 16.3. The summed E-state index contributed by atoms with van der Waals surface area (Å²) < 4.78 is 0. The van der Waals surface area contributed by atoms with Gasteiger partial charge in [-0.15, -0.1) is 0 Å². The van der Waals surface area contributed by atoms with Gasteiger partial charge in [-0.2, -0.15) is 0 Å². The lowest BCUT2D eigenvalue weighted by Crippen LogP contribution is -2.60. The molecule has 2 heterocycles. The van der Waals surface area contributed by atoms with Crippen LogP contribution in [0, 0.1) is 12.8 Å². The van der Waals surface area contributed by atoms with Gasteiger partial charge in [0.15, 0.2) is 0 Å². The highest BCUT2D eigenvalue weighted by Gasteiger charge is 2.33. The monoisotopic (exact) mass is 912 g/mol. The number of para-hydroxylation sites is 1. The predicted molar refractivity (Wildman–Crippen MR) is 255 cm³/mol. The first-order valence-electron chi connectivity index (χ1n) is 22.5. The van der Waals surface area contributed by atoms with E-state index in [0.29, 0.717) is 24.9 Å². The zero-order valence-corrected chi connectivity index (χ0v) is 39.1. The van der Waals surface area contributed by atoms with Gasteiger partial charge in [0.1, 0.15) is 29.9 Å². The predicted octanol–water partition coefficient (Wildman–Crippen LogP) is 2.89. The number of aromatic nitrogens is 1. The summed E-state index contributed by atoms with van der Waals surface area (Å²) in [5.41, 5.74) is 9.55. The van der Waals surface area contributed by atoms with Crippen molar-refractivity contribution in [2.45, 2.75) is 104 Å². The number of carbonyl (C=O) groups excluding carboxylic acids is 7. The van der Waals surface area contributed by atoms with E-state index < -0.39 is 72.7 Å². The van der Waals surface area contributed by atoms with Gasteiger partial charge in [0.05, 0.1) is 13.1 Å². The molecule has 10 N–H and O–H groups in total. The Balaban J connectivity index is 0.000000526. The van der Waals surface area contributed by atoms with Gasteiger partial charge in [0.2, 0.25) is 41.4 Å². The number of nitrogens with two attached hydrogens (primary N) is 1. The largest absolute Gasteiger partial charge is 0.508 e. The van der Waals surface area contributed by atoms with E-state index in [0.717, 1.165) is 29.8 Å². The summed E-state index contributed by atoms with van der Waals surface area (Å²) in [6.07, 6.45) is 5.73. The van der Waals surface area contributed by atoms with Crippen LogP contribution in [0.3, 0.4) is 0 Å². The van der Waals surface area contributed by atoms with Crippen LogP contribution < -0.4 is 37.6 Å². The van der Waals surface area contributed by atoms with Gasteiger partial charge in [0, 0.05) is 50.5 Å². The summed E-state index contributed by atoms with van der Waals surface area (Å²) in [6, 6.07) is 19.1. The second-order valence-electron chi connectivity index (χ2n) is 16.6. The molecule has 17 nitrogen and oxygen atoms in total. The van der Waals surface area contributed by atoms with Gasteiger partial charge in [-0.25, -0.2) is 0 Å². The third-order valence-corrected chi connectivity index (χ3v) is 10.7. The zero-order chi connectivity index (χ0) is 48.6. The summed E-state index contributed by atoms with van der Waals surface area (Å²) in [7, 11) is 1.41. The van der Waals surface area contributed by atoms with Gasteiger partial charge in [0.25, 0.3) is 0 Å². The fraction of sp³-hybridized carbons (Fsp3) is 0.449. The molecule has 0 bridgehead atoms. The first-order valence-corrected chi connectivity index (χ1v) is 22.5. The van der Waals surface area contributed by atoms with E-state index in [2.05, 4.69) is 68.9 Å². The Bertz CT molecular complexity index is 2180. The maximum absolute atomic E-state index is 13.8. The molecule has 3 aromatic carbocycles. The van der Waals surface area contributed by atoms with E-state index >= 15 is 0 Å². The highest BCUT2D eigenvalue weighted by Crippen LogP contribution is 2.16. The molecule has 0 aliphatic carbocycles. The number of aromatic hydroxyl groups is 1. The Labute approximate surface area is 387 Å². The number of hydrogen-bond acceptors (Lipinski definition) is 9. The van der Waals surface area contributed by atoms with E-state index in [1.807, 2.05) is 18.3 Å². The van der Waals surface area contributed by atoms with Crippen molar-refractivity contribution >= 4 is 52.3 Å². The SMILES string of the molecule is CC(C)C1NC(=O)C(CCCCN)NC(=O)CNC(=O)C(Cc2ccc(O)cc2)NC(=O)CN(C)C(=O)C(Cc2ccccc2)NC1=O.CCCCNC(C)=O.Cc1c[nH]c2ccccc12. The molecule has 358 valence electrons. The van der Waals surface area contributed by atoms with Crippen molar-refractivity contribution in [2.24, 2.45) is 11.7 Å². The number of nitrogens with one attached hydrogen (secondary N) is 7. The Hall–Kier alpha value is -6.75. The van der Waals surface area contributed by atoms with Crippen LogP contribution in [0.25, 0.3) is 10.9 Å².